The van der Waals surface area contributed by atoms with E-state index < -0.39 is 0 Å². The molecule has 5 nitrogen and oxygen atoms in total. The molecule has 0 aromatic carbocycles. The second kappa shape index (κ2) is 7.04. The summed E-state index contributed by atoms with van der Waals surface area (Å²) in [6.07, 6.45) is 14.5. The maximum absolute atomic E-state index is 11.6. The first-order valence-corrected chi connectivity index (χ1v) is 11.6. The van der Waals surface area contributed by atoms with Gasteiger partial charge in [0.2, 0.25) is 0 Å². The molecular formula is C24H31N3O2S. The second-order valence-electron chi connectivity index (χ2n) is 10.2. The van der Waals surface area contributed by atoms with Gasteiger partial charge in [-0.25, -0.2) is 4.79 Å². The van der Waals surface area contributed by atoms with Gasteiger partial charge in [0.25, 0.3) is 0 Å². The topological polar surface area (TPSA) is 76.7 Å². The summed E-state index contributed by atoms with van der Waals surface area (Å²) in [6.45, 7) is 5.35. The molecule has 5 aliphatic rings. The second-order valence-corrected chi connectivity index (χ2v) is 10.6. The number of nitrogens with zero attached hydrogens (tertiary/aromatic N) is 1. The Kier molecular flexibility index (Phi) is 4.69. The van der Waals surface area contributed by atoms with Crippen LogP contribution in [-0.4, -0.2) is 23.4 Å². The van der Waals surface area contributed by atoms with Crippen molar-refractivity contribution in [2.45, 2.75) is 58.8 Å². The fraction of sp³-hybridized carbons (Fsp3) is 0.625. The first kappa shape index (κ1) is 20.0. The van der Waals surface area contributed by atoms with Crippen molar-refractivity contribution >= 4 is 29.0 Å². The first-order chi connectivity index (χ1) is 14.3. The summed E-state index contributed by atoms with van der Waals surface area (Å²) in [4.78, 5) is 11.6. The lowest BCUT2D eigenvalue weighted by Gasteiger charge is -2.58. The highest BCUT2D eigenvalue weighted by atomic mass is 32.1. The number of carbonyl (C=O) groups excluding carboxylic acids is 1. The highest BCUT2D eigenvalue weighted by Crippen LogP contribution is 2.65. The van der Waals surface area contributed by atoms with Gasteiger partial charge < -0.3 is 10.5 Å². The largest absolute Gasteiger partial charge is 0.458 e. The van der Waals surface area contributed by atoms with E-state index in [4.69, 9.17) is 22.7 Å². The highest BCUT2D eigenvalue weighted by molar-refractivity contribution is 7.80. The summed E-state index contributed by atoms with van der Waals surface area (Å²) in [7, 11) is 0. The van der Waals surface area contributed by atoms with Crippen molar-refractivity contribution in [3.8, 4) is 0 Å². The van der Waals surface area contributed by atoms with Crippen LogP contribution in [0, 0.1) is 28.6 Å². The van der Waals surface area contributed by atoms with Crippen LogP contribution in [-0.2, 0) is 9.53 Å². The average molecular weight is 426 g/mol. The molecule has 3 fully saturated rings. The van der Waals surface area contributed by atoms with Gasteiger partial charge in [0, 0.05) is 22.8 Å². The SMILES string of the molecule is C[C@]12CC[C@H]3[C@@H](CC[C@H]4C/C(=N/NC(N)=S)CC[C@@]43C)C1=CC=C2C1=CC(=O)OC1. The smallest absolute Gasteiger partial charge is 0.331 e. The third-order valence-electron chi connectivity index (χ3n) is 8.87. The quantitative estimate of drug-likeness (QED) is 0.395. The Morgan fingerprint density at radius 3 is 2.83 bits per heavy atom. The van der Waals surface area contributed by atoms with Gasteiger partial charge in [-0.15, -0.1) is 0 Å². The summed E-state index contributed by atoms with van der Waals surface area (Å²) in [5, 5.41) is 4.71. The number of nitrogens with two attached hydrogens (primary N) is 1. The minimum atomic E-state index is -0.200. The van der Waals surface area contributed by atoms with Crippen LogP contribution in [0.1, 0.15) is 58.8 Å². The van der Waals surface area contributed by atoms with Crippen molar-refractivity contribution in [2.24, 2.45) is 39.4 Å². The third-order valence-corrected chi connectivity index (χ3v) is 8.97. The number of hydrogen-bond donors (Lipinski definition) is 2. The molecule has 30 heavy (non-hydrogen) atoms. The maximum atomic E-state index is 11.6. The molecule has 160 valence electrons. The number of carbonyl (C=O) groups is 1. The summed E-state index contributed by atoms with van der Waals surface area (Å²) < 4.78 is 5.21. The van der Waals surface area contributed by atoms with Gasteiger partial charge in [0.15, 0.2) is 5.11 Å². The zero-order chi connectivity index (χ0) is 21.1. The molecule has 0 saturated heterocycles. The number of nitrogens with one attached hydrogen (secondary N) is 1. The van der Waals surface area contributed by atoms with Gasteiger partial charge in [-0.2, -0.15) is 5.10 Å². The Bertz CT molecular complexity index is 933. The number of fused-ring (bicyclic) bond motifs is 5. The fourth-order valence-corrected chi connectivity index (χ4v) is 7.33. The van der Waals surface area contributed by atoms with Crippen molar-refractivity contribution in [3.63, 3.8) is 0 Å². The number of hydrazone groups is 1. The lowest BCUT2D eigenvalue weighted by atomic mass is 9.46. The van der Waals surface area contributed by atoms with Gasteiger partial charge in [-0.3, -0.25) is 5.43 Å². The van der Waals surface area contributed by atoms with Gasteiger partial charge in [-0.05, 0) is 85.9 Å². The fourth-order valence-electron chi connectivity index (χ4n) is 7.28. The van der Waals surface area contributed by atoms with Crippen molar-refractivity contribution < 1.29 is 9.53 Å². The van der Waals surface area contributed by atoms with E-state index in [1.54, 1.807) is 11.6 Å². The Morgan fingerprint density at radius 1 is 1.27 bits per heavy atom. The van der Waals surface area contributed by atoms with Crippen LogP contribution in [0.5, 0.6) is 0 Å². The highest BCUT2D eigenvalue weighted by Gasteiger charge is 2.56. The van der Waals surface area contributed by atoms with Crippen molar-refractivity contribution in [3.05, 3.63) is 34.9 Å². The molecule has 6 heteroatoms. The van der Waals surface area contributed by atoms with Crippen LogP contribution in [0.3, 0.4) is 0 Å². The van der Waals surface area contributed by atoms with E-state index in [-0.39, 0.29) is 16.5 Å². The Balaban J connectivity index is 1.36. The molecule has 3 N–H and O–H groups in total. The molecule has 0 spiro atoms. The zero-order valence-corrected chi connectivity index (χ0v) is 18.7. The molecule has 5 rings (SSSR count). The van der Waals surface area contributed by atoms with Crippen LogP contribution >= 0.6 is 12.2 Å². The zero-order valence-electron chi connectivity index (χ0n) is 17.9. The molecule has 3 saturated carbocycles. The monoisotopic (exact) mass is 425 g/mol. The third kappa shape index (κ3) is 2.98. The number of rotatable bonds is 2. The van der Waals surface area contributed by atoms with Gasteiger partial charge in [0.05, 0.1) is 0 Å². The number of cyclic esters (lactones) is 1. The number of ether oxygens (including phenoxy) is 1. The molecule has 4 aliphatic carbocycles. The maximum Gasteiger partial charge on any atom is 0.331 e. The van der Waals surface area contributed by atoms with Gasteiger partial charge in [-0.1, -0.05) is 31.6 Å². The molecule has 0 aromatic rings. The van der Waals surface area contributed by atoms with E-state index in [0.29, 0.717) is 23.9 Å². The number of allylic oxidation sites excluding steroid dienone is 3. The van der Waals surface area contributed by atoms with E-state index in [2.05, 4.69) is 36.5 Å². The van der Waals surface area contributed by atoms with E-state index in [1.807, 2.05) is 0 Å². The van der Waals surface area contributed by atoms with Crippen LogP contribution < -0.4 is 11.2 Å². The van der Waals surface area contributed by atoms with Crippen LogP contribution in [0.4, 0.5) is 0 Å². The minimum Gasteiger partial charge on any atom is -0.458 e. The van der Waals surface area contributed by atoms with Crippen LogP contribution in [0.25, 0.3) is 0 Å². The molecule has 0 radical (unpaired) electrons. The first-order valence-electron chi connectivity index (χ1n) is 11.2. The summed E-state index contributed by atoms with van der Waals surface area (Å²) in [5.41, 5.74) is 14.0. The minimum absolute atomic E-state index is 0.0617. The van der Waals surface area contributed by atoms with Gasteiger partial charge >= 0.3 is 5.97 Å². The molecule has 1 aliphatic heterocycles. The Labute approximate surface area is 183 Å². The van der Waals surface area contributed by atoms with Crippen LogP contribution in [0.15, 0.2) is 40.0 Å². The lowest BCUT2D eigenvalue weighted by Crippen LogP contribution is -2.51. The molecule has 0 bridgehead atoms. The molecule has 5 atom stereocenters. The average Bonchev–Trinajstić information content (AvgIpc) is 3.28. The van der Waals surface area contributed by atoms with Crippen LogP contribution in [0.2, 0.25) is 0 Å². The molecular weight excluding hydrogens is 394 g/mol. The number of hydrogen-bond acceptors (Lipinski definition) is 4. The normalized spacial score (nSPS) is 41.1. The Morgan fingerprint density at radius 2 is 2.10 bits per heavy atom. The van der Waals surface area contributed by atoms with Crippen molar-refractivity contribution in [1.82, 2.24) is 5.43 Å². The standard InChI is InChI=1S/C24H31N3O2S/c1-23-9-7-16(26-27-22(25)30)12-15(23)3-4-17-19-6-5-18(14-11-21(28)29-13-14)24(19,2)10-8-20(17)23/h5-6,11,15,17,20H,3-4,7-10,12-13H2,1-2H3,(H3,25,27,30)/b26-16+/t15-,17-,20-,23-,24+/m0/s1. The summed E-state index contributed by atoms with van der Waals surface area (Å²) in [5.74, 6) is 1.85. The molecule has 0 aromatic heterocycles. The van der Waals surface area contributed by atoms with E-state index in [1.165, 1.54) is 37.0 Å². The Hall–Kier alpha value is -1.95. The summed E-state index contributed by atoms with van der Waals surface area (Å²) >= 11 is 4.90. The number of thiocarbonyl (C=S) groups is 1. The van der Waals surface area contributed by atoms with Crippen molar-refractivity contribution in [2.75, 3.05) is 6.61 Å². The predicted molar refractivity (Wildman–Crippen MR) is 122 cm³/mol. The molecule has 0 unspecified atom stereocenters. The van der Waals surface area contributed by atoms with E-state index in [0.717, 1.165) is 30.8 Å². The number of esters is 1. The lowest BCUT2D eigenvalue weighted by molar-refractivity contribution is -0.134. The van der Waals surface area contributed by atoms with Gasteiger partial charge in [0.1, 0.15) is 6.61 Å². The van der Waals surface area contributed by atoms with E-state index in [9.17, 15) is 4.79 Å². The molecule has 0 amide bonds. The summed E-state index contributed by atoms with van der Waals surface area (Å²) in [6, 6.07) is 0. The van der Waals surface area contributed by atoms with E-state index >= 15 is 0 Å². The molecule has 1 heterocycles. The van der Waals surface area contributed by atoms with Crippen molar-refractivity contribution in [1.29, 1.82) is 0 Å². The predicted octanol–water partition coefficient (Wildman–Crippen LogP) is 4.16.